The molecule has 0 spiro atoms. The fourth-order valence-electron chi connectivity index (χ4n) is 1.20. The number of fused-ring (bicyclic) bond motifs is 1. The Bertz CT molecular complexity index is 487. The molecule has 1 aromatic heterocycles. The van der Waals surface area contributed by atoms with Crippen molar-refractivity contribution in [3.05, 3.63) is 33.6 Å². The molecule has 0 saturated carbocycles. The summed E-state index contributed by atoms with van der Waals surface area (Å²) in [4.78, 5) is 8.32. The zero-order chi connectivity index (χ0) is 10.1. The molecule has 1 heterocycles. The van der Waals surface area contributed by atoms with Crippen molar-refractivity contribution < 1.29 is 0 Å². The van der Waals surface area contributed by atoms with Crippen molar-refractivity contribution in [1.29, 1.82) is 0 Å². The molecule has 0 atom stereocenters. The van der Waals surface area contributed by atoms with E-state index < -0.39 is 0 Å². The van der Waals surface area contributed by atoms with Crippen LogP contribution in [0.1, 0.15) is 5.82 Å². The first-order valence-electron chi connectivity index (χ1n) is 4.02. The molecule has 2 N–H and O–H groups in total. The summed E-state index contributed by atoms with van der Waals surface area (Å²) in [5.74, 6) is 0.560. The molecule has 0 aliphatic heterocycles. The van der Waals surface area contributed by atoms with E-state index in [9.17, 15) is 0 Å². The van der Waals surface area contributed by atoms with Gasteiger partial charge in [-0.3, -0.25) is 0 Å². The van der Waals surface area contributed by atoms with Crippen LogP contribution in [0, 0.1) is 0 Å². The number of aromatic nitrogens is 2. The molecule has 2 rings (SSSR count). The Morgan fingerprint density at radius 3 is 2.86 bits per heavy atom. The number of hydrogen-bond acceptors (Lipinski definition) is 3. The van der Waals surface area contributed by atoms with Gasteiger partial charge in [-0.25, -0.2) is 9.97 Å². The van der Waals surface area contributed by atoms with Crippen molar-refractivity contribution >= 4 is 38.4 Å². The molecular formula is C9H7BrClN3. The van der Waals surface area contributed by atoms with Crippen LogP contribution in [0.2, 0.25) is 5.15 Å². The molecule has 0 fully saturated rings. The van der Waals surface area contributed by atoms with Crippen LogP contribution in [0.25, 0.3) is 10.9 Å². The lowest BCUT2D eigenvalue weighted by molar-refractivity contribution is 0.927. The van der Waals surface area contributed by atoms with Crippen LogP contribution in [-0.4, -0.2) is 9.97 Å². The molecule has 0 saturated heterocycles. The Kier molecular flexibility index (Phi) is 2.67. The van der Waals surface area contributed by atoms with E-state index in [1.807, 2.05) is 18.2 Å². The molecular weight excluding hydrogens is 265 g/mol. The zero-order valence-electron chi connectivity index (χ0n) is 7.17. The maximum Gasteiger partial charge on any atom is 0.144 e. The third-order valence-corrected chi connectivity index (χ3v) is 2.62. The first kappa shape index (κ1) is 9.83. The molecule has 0 amide bonds. The van der Waals surface area contributed by atoms with Gasteiger partial charge in [-0.1, -0.05) is 27.5 Å². The molecule has 5 heteroatoms. The van der Waals surface area contributed by atoms with Gasteiger partial charge in [0.15, 0.2) is 0 Å². The number of nitrogens with two attached hydrogens (primary N) is 1. The third-order valence-electron chi connectivity index (χ3n) is 1.84. The first-order valence-corrected chi connectivity index (χ1v) is 5.19. The van der Waals surface area contributed by atoms with Crippen molar-refractivity contribution in [3.63, 3.8) is 0 Å². The Balaban J connectivity index is 2.76. The number of hydrogen-bond donors (Lipinski definition) is 1. The SMILES string of the molecule is NCc1nc(Cl)c2cc(Br)ccc2n1. The summed E-state index contributed by atoms with van der Waals surface area (Å²) in [7, 11) is 0. The van der Waals surface area contributed by atoms with Crippen molar-refractivity contribution in [2.75, 3.05) is 0 Å². The van der Waals surface area contributed by atoms with Gasteiger partial charge in [0.2, 0.25) is 0 Å². The summed E-state index contributed by atoms with van der Waals surface area (Å²) in [5.41, 5.74) is 6.26. The number of rotatable bonds is 1. The van der Waals surface area contributed by atoms with Gasteiger partial charge in [0.05, 0.1) is 12.1 Å². The van der Waals surface area contributed by atoms with Gasteiger partial charge >= 0.3 is 0 Å². The highest BCUT2D eigenvalue weighted by Gasteiger charge is 2.04. The maximum absolute atomic E-state index is 5.99. The minimum atomic E-state index is 0.297. The van der Waals surface area contributed by atoms with E-state index in [2.05, 4.69) is 25.9 Å². The summed E-state index contributed by atoms with van der Waals surface area (Å²) in [5, 5.41) is 1.27. The van der Waals surface area contributed by atoms with Crippen LogP contribution in [0.4, 0.5) is 0 Å². The standard InChI is InChI=1S/C9H7BrClN3/c10-5-1-2-7-6(3-5)9(11)14-8(4-12)13-7/h1-3H,4,12H2. The fraction of sp³-hybridized carbons (Fsp3) is 0.111. The van der Waals surface area contributed by atoms with E-state index in [4.69, 9.17) is 17.3 Å². The lowest BCUT2D eigenvalue weighted by Gasteiger charge is -2.02. The lowest BCUT2D eigenvalue weighted by Crippen LogP contribution is -2.03. The molecule has 0 radical (unpaired) electrons. The molecule has 0 unspecified atom stereocenters. The molecule has 3 nitrogen and oxygen atoms in total. The topological polar surface area (TPSA) is 51.8 Å². The summed E-state index contributed by atoms with van der Waals surface area (Å²) >= 11 is 9.35. The highest BCUT2D eigenvalue weighted by molar-refractivity contribution is 9.10. The van der Waals surface area contributed by atoms with E-state index in [0.29, 0.717) is 17.5 Å². The van der Waals surface area contributed by atoms with Crippen LogP contribution in [0.3, 0.4) is 0 Å². The monoisotopic (exact) mass is 271 g/mol. The average Bonchev–Trinajstić information content (AvgIpc) is 2.19. The molecule has 72 valence electrons. The smallest absolute Gasteiger partial charge is 0.144 e. The third kappa shape index (κ3) is 1.73. The Hall–Kier alpha value is -0.710. The lowest BCUT2D eigenvalue weighted by atomic mass is 10.2. The Labute approximate surface area is 94.4 Å². The van der Waals surface area contributed by atoms with Crippen LogP contribution in [0.15, 0.2) is 22.7 Å². The van der Waals surface area contributed by atoms with Gasteiger partial charge < -0.3 is 5.73 Å². The zero-order valence-corrected chi connectivity index (χ0v) is 9.51. The molecule has 14 heavy (non-hydrogen) atoms. The van der Waals surface area contributed by atoms with E-state index in [1.54, 1.807) is 0 Å². The molecule has 0 bridgehead atoms. The highest BCUT2D eigenvalue weighted by Crippen LogP contribution is 2.23. The van der Waals surface area contributed by atoms with Crippen molar-refractivity contribution in [2.24, 2.45) is 5.73 Å². The van der Waals surface area contributed by atoms with Gasteiger partial charge in [0, 0.05) is 9.86 Å². The number of halogens is 2. The van der Waals surface area contributed by atoms with Crippen LogP contribution in [-0.2, 0) is 6.54 Å². The molecule has 0 aliphatic rings. The second-order valence-corrected chi connectivity index (χ2v) is 4.07. The van der Waals surface area contributed by atoms with Crippen molar-refractivity contribution in [3.8, 4) is 0 Å². The minimum Gasteiger partial charge on any atom is -0.324 e. The van der Waals surface area contributed by atoms with Crippen LogP contribution in [0.5, 0.6) is 0 Å². The van der Waals surface area contributed by atoms with Gasteiger partial charge in [-0.2, -0.15) is 0 Å². The van der Waals surface area contributed by atoms with Crippen LogP contribution < -0.4 is 5.73 Å². The molecule has 0 aliphatic carbocycles. The molecule has 1 aromatic carbocycles. The summed E-state index contributed by atoms with van der Waals surface area (Å²) in [6.07, 6.45) is 0. The Morgan fingerprint density at radius 1 is 1.36 bits per heavy atom. The largest absolute Gasteiger partial charge is 0.324 e. The summed E-state index contributed by atoms with van der Waals surface area (Å²) in [6, 6.07) is 5.68. The summed E-state index contributed by atoms with van der Waals surface area (Å²) < 4.78 is 0.955. The van der Waals surface area contributed by atoms with E-state index in [-0.39, 0.29) is 0 Å². The normalized spacial score (nSPS) is 10.8. The van der Waals surface area contributed by atoms with Gasteiger partial charge in [0.1, 0.15) is 11.0 Å². The van der Waals surface area contributed by atoms with Crippen molar-refractivity contribution in [1.82, 2.24) is 9.97 Å². The number of nitrogens with zero attached hydrogens (tertiary/aromatic N) is 2. The van der Waals surface area contributed by atoms with Crippen molar-refractivity contribution in [2.45, 2.75) is 6.54 Å². The number of benzene rings is 1. The minimum absolute atomic E-state index is 0.297. The first-order chi connectivity index (χ1) is 6.70. The van der Waals surface area contributed by atoms with E-state index in [0.717, 1.165) is 15.4 Å². The average molecular weight is 273 g/mol. The molecule has 2 aromatic rings. The van der Waals surface area contributed by atoms with Gasteiger partial charge in [0.25, 0.3) is 0 Å². The Morgan fingerprint density at radius 2 is 2.14 bits per heavy atom. The van der Waals surface area contributed by atoms with Crippen LogP contribution >= 0.6 is 27.5 Å². The summed E-state index contributed by atoms with van der Waals surface area (Å²) in [6.45, 7) is 0.297. The predicted molar refractivity (Wildman–Crippen MR) is 60.1 cm³/mol. The fourth-order valence-corrected chi connectivity index (χ4v) is 1.81. The van der Waals surface area contributed by atoms with Gasteiger partial charge in [-0.05, 0) is 18.2 Å². The highest BCUT2D eigenvalue weighted by atomic mass is 79.9. The second kappa shape index (κ2) is 3.81. The predicted octanol–water partition coefficient (Wildman–Crippen LogP) is 2.50. The van der Waals surface area contributed by atoms with E-state index in [1.165, 1.54) is 0 Å². The second-order valence-electron chi connectivity index (χ2n) is 2.80. The van der Waals surface area contributed by atoms with Gasteiger partial charge in [-0.15, -0.1) is 0 Å². The quantitative estimate of drug-likeness (QED) is 0.812. The maximum atomic E-state index is 5.99. The van der Waals surface area contributed by atoms with E-state index >= 15 is 0 Å².